The number of sulfonamides is 1. The van der Waals surface area contributed by atoms with Gasteiger partial charge in [0.2, 0.25) is 15.9 Å². The molecule has 1 atom stereocenters. The number of piperidine rings is 1. The molecular weight excluding hydrogens is 326 g/mol. The number of hydrogen-bond acceptors (Lipinski definition) is 4. The summed E-state index contributed by atoms with van der Waals surface area (Å²) in [6.07, 6.45) is 2.69. The average molecular weight is 351 g/mol. The first kappa shape index (κ1) is 17.4. The van der Waals surface area contributed by atoms with Gasteiger partial charge in [0.25, 0.3) is 0 Å². The lowest BCUT2D eigenvalue weighted by atomic mass is 9.97. The largest absolute Gasteiger partial charge is 0.312 e. The number of nitrogens with zero attached hydrogens (tertiary/aromatic N) is 3. The molecule has 0 aliphatic carbocycles. The molecule has 24 heavy (non-hydrogen) atoms. The van der Waals surface area contributed by atoms with Crippen molar-refractivity contribution in [1.29, 1.82) is 0 Å². The third kappa shape index (κ3) is 3.08. The van der Waals surface area contributed by atoms with Crippen molar-refractivity contribution in [3.63, 3.8) is 0 Å². The van der Waals surface area contributed by atoms with Crippen LogP contribution in [0.1, 0.15) is 18.4 Å². The molecule has 2 heterocycles. The van der Waals surface area contributed by atoms with Gasteiger partial charge in [-0.2, -0.15) is 0 Å². The summed E-state index contributed by atoms with van der Waals surface area (Å²) < 4.78 is 25.8. The highest BCUT2D eigenvalue weighted by atomic mass is 32.2. The van der Waals surface area contributed by atoms with Crippen LogP contribution in [0.4, 0.5) is 5.69 Å². The minimum absolute atomic E-state index is 0.0416. The third-order valence-corrected chi connectivity index (χ3v) is 6.78. The number of carbonyl (C=O) groups excluding carboxylic acids is 1. The molecule has 1 amide bonds. The van der Waals surface area contributed by atoms with E-state index < -0.39 is 10.0 Å². The Bertz CT molecular complexity index is 745. The number of amides is 1. The molecule has 0 bridgehead atoms. The van der Waals surface area contributed by atoms with Crippen LogP contribution < -0.4 is 4.90 Å². The van der Waals surface area contributed by atoms with Crippen molar-refractivity contribution in [2.45, 2.75) is 24.2 Å². The molecule has 0 N–H and O–H groups in total. The normalized spacial score (nSPS) is 22.0. The molecule has 1 aromatic carbocycles. The van der Waals surface area contributed by atoms with Crippen LogP contribution in [0.15, 0.2) is 23.1 Å². The van der Waals surface area contributed by atoms with Gasteiger partial charge in [0.05, 0.1) is 10.8 Å². The highest BCUT2D eigenvalue weighted by Gasteiger charge is 2.33. The maximum absolute atomic E-state index is 12.9. The second-order valence-corrected chi connectivity index (χ2v) is 9.07. The van der Waals surface area contributed by atoms with Crippen LogP contribution in [-0.4, -0.2) is 64.3 Å². The summed E-state index contributed by atoms with van der Waals surface area (Å²) in [5.74, 6) is 0.211. The quantitative estimate of drug-likeness (QED) is 0.820. The number of fused-ring (bicyclic) bond motifs is 1. The van der Waals surface area contributed by atoms with Crippen molar-refractivity contribution in [1.82, 2.24) is 9.21 Å². The number of benzene rings is 1. The summed E-state index contributed by atoms with van der Waals surface area (Å²) in [6.45, 7) is 2.49. The molecule has 132 valence electrons. The molecule has 3 rings (SSSR count). The Morgan fingerprint density at radius 3 is 2.67 bits per heavy atom. The Kier molecular flexibility index (Phi) is 4.68. The minimum Gasteiger partial charge on any atom is -0.312 e. The Morgan fingerprint density at radius 2 is 2.00 bits per heavy atom. The lowest BCUT2D eigenvalue weighted by Gasteiger charge is -2.31. The van der Waals surface area contributed by atoms with Gasteiger partial charge in [0.1, 0.15) is 0 Å². The standard InChI is InChI=1S/C17H25N3O3S/c1-18(2)24(22,23)15-6-7-16-13(11-15)8-10-20(16)17(21)14-5-4-9-19(3)12-14/h6-7,11,14H,4-5,8-10,12H2,1-3H3/t14-/m0/s1. The Labute approximate surface area is 144 Å². The lowest BCUT2D eigenvalue weighted by molar-refractivity contribution is -0.123. The van der Waals surface area contributed by atoms with Crippen LogP contribution in [0.25, 0.3) is 0 Å². The first-order chi connectivity index (χ1) is 11.3. The van der Waals surface area contributed by atoms with Gasteiger partial charge in [0.15, 0.2) is 0 Å². The van der Waals surface area contributed by atoms with Crippen molar-refractivity contribution >= 4 is 21.6 Å². The molecule has 7 heteroatoms. The van der Waals surface area contributed by atoms with Crippen molar-refractivity contribution in [2.24, 2.45) is 5.92 Å². The van der Waals surface area contributed by atoms with E-state index >= 15 is 0 Å². The van der Waals surface area contributed by atoms with E-state index in [0.717, 1.165) is 37.2 Å². The van der Waals surface area contributed by atoms with Gasteiger partial charge in [0, 0.05) is 32.9 Å². The zero-order valence-electron chi connectivity index (χ0n) is 14.5. The van der Waals surface area contributed by atoms with E-state index in [9.17, 15) is 13.2 Å². The molecule has 0 spiro atoms. The fourth-order valence-electron chi connectivity index (χ4n) is 3.57. The van der Waals surface area contributed by atoms with Gasteiger partial charge in [-0.3, -0.25) is 4.79 Å². The molecule has 2 aliphatic heterocycles. The molecule has 1 saturated heterocycles. The van der Waals surface area contributed by atoms with E-state index in [-0.39, 0.29) is 16.7 Å². The summed E-state index contributed by atoms with van der Waals surface area (Å²) in [4.78, 5) is 17.2. The smallest absolute Gasteiger partial charge is 0.242 e. The van der Waals surface area contributed by atoms with Crippen LogP contribution >= 0.6 is 0 Å². The van der Waals surface area contributed by atoms with Gasteiger partial charge in [-0.15, -0.1) is 0 Å². The van der Waals surface area contributed by atoms with E-state index in [1.165, 1.54) is 18.4 Å². The first-order valence-corrected chi connectivity index (χ1v) is 9.80. The van der Waals surface area contributed by atoms with Crippen LogP contribution in [0, 0.1) is 5.92 Å². The van der Waals surface area contributed by atoms with Gasteiger partial charge in [-0.25, -0.2) is 12.7 Å². The van der Waals surface area contributed by atoms with Crippen molar-refractivity contribution in [2.75, 3.05) is 45.7 Å². The minimum atomic E-state index is -3.44. The molecule has 2 aliphatic rings. The van der Waals surface area contributed by atoms with Gasteiger partial charge in [-0.1, -0.05) is 0 Å². The fraction of sp³-hybridized carbons (Fsp3) is 0.588. The van der Waals surface area contributed by atoms with E-state index in [2.05, 4.69) is 11.9 Å². The number of carbonyl (C=O) groups is 1. The van der Waals surface area contributed by atoms with Crippen molar-refractivity contribution < 1.29 is 13.2 Å². The summed E-state index contributed by atoms with van der Waals surface area (Å²) in [5, 5.41) is 0. The second-order valence-electron chi connectivity index (χ2n) is 6.92. The number of anilines is 1. The van der Waals surface area contributed by atoms with Gasteiger partial charge >= 0.3 is 0 Å². The predicted octanol–water partition coefficient (Wildman–Crippen LogP) is 1.17. The maximum atomic E-state index is 12.9. The summed E-state index contributed by atoms with van der Waals surface area (Å²) in [7, 11) is 1.66. The Morgan fingerprint density at radius 1 is 1.25 bits per heavy atom. The van der Waals surface area contributed by atoms with E-state index in [4.69, 9.17) is 0 Å². The van der Waals surface area contributed by atoms with Crippen LogP contribution in [-0.2, 0) is 21.2 Å². The zero-order chi connectivity index (χ0) is 17.5. The Balaban J connectivity index is 1.84. The molecule has 0 unspecified atom stereocenters. The van der Waals surface area contributed by atoms with Crippen LogP contribution in [0.2, 0.25) is 0 Å². The number of hydrogen-bond donors (Lipinski definition) is 0. The van der Waals surface area contributed by atoms with E-state index in [0.29, 0.717) is 13.0 Å². The molecule has 1 aromatic rings. The predicted molar refractivity (Wildman–Crippen MR) is 93.6 cm³/mol. The fourth-order valence-corrected chi connectivity index (χ4v) is 4.52. The monoisotopic (exact) mass is 351 g/mol. The zero-order valence-corrected chi connectivity index (χ0v) is 15.3. The first-order valence-electron chi connectivity index (χ1n) is 8.36. The molecule has 6 nitrogen and oxygen atoms in total. The van der Waals surface area contributed by atoms with Gasteiger partial charge < -0.3 is 9.80 Å². The van der Waals surface area contributed by atoms with Crippen molar-refractivity contribution in [3.05, 3.63) is 23.8 Å². The average Bonchev–Trinajstić information content (AvgIpc) is 2.97. The van der Waals surface area contributed by atoms with Gasteiger partial charge in [-0.05, 0) is 56.6 Å². The SMILES string of the molecule is CN1CCC[C@H](C(=O)N2CCc3cc(S(=O)(=O)N(C)C)ccc32)C1. The molecule has 0 aromatic heterocycles. The molecule has 0 radical (unpaired) electrons. The lowest BCUT2D eigenvalue weighted by Crippen LogP contribution is -2.43. The summed E-state index contributed by atoms with van der Waals surface area (Å²) in [5.41, 5.74) is 1.81. The van der Waals surface area contributed by atoms with E-state index in [1.807, 2.05) is 4.90 Å². The van der Waals surface area contributed by atoms with E-state index in [1.54, 1.807) is 18.2 Å². The molecule has 1 fully saturated rings. The highest BCUT2D eigenvalue weighted by Crippen LogP contribution is 2.33. The maximum Gasteiger partial charge on any atom is 0.242 e. The number of rotatable bonds is 3. The number of likely N-dealkylation sites (tertiary alicyclic amines) is 1. The third-order valence-electron chi connectivity index (χ3n) is 4.96. The second kappa shape index (κ2) is 6.46. The molecule has 0 saturated carbocycles. The summed E-state index contributed by atoms with van der Waals surface area (Å²) in [6, 6.07) is 5.10. The Hall–Kier alpha value is -1.44. The highest BCUT2D eigenvalue weighted by molar-refractivity contribution is 7.89. The van der Waals surface area contributed by atoms with Crippen molar-refractivity contribution in [3.8, 4) is 0 Å². The topological polar surface area (TPSA) is 60.9 Å². The van der Waals surface area contributed by atoms with Crippen LogP contribution in [0.3, 0.4) is 0 Å². The molecular formula is C17H25N3O3S. The summed E-state index contributed by atoms with van der Waals surface area (Å²) >= 11 is 0. The van der Waals surface area contributed by atoms with Crippen LogP contribution in [0.5, 0.6) is 0 Å².